The molecule has 3 aromatic carbocycles. The molecule has 1 heterocycles. The molecule has 1 aliphatic rings. The number of benzene rings is 3. The number of amidine groups is 1. The first-order valence-corrected chi connectivity index (χ1v) is 11.6. The van der Waals surface area contributed by atoms with Gasteiger partial charge in [0, 0.05) is 0 Å². The quantitative estimate of drug-likeness (QED) is 0.380. The molecule has 1 aliphatic heterocycles. The second-order valence-corrected chi connectivity index (χ2v) is 9.11. The first kappa shape index (κ1) is 23.2. The van der Waals surface area contributed by atoms with E-state index in [2.05, 4.69) is 10.3 Å². The highest BCUT2D eigenvalue weighted by Crippen LogP contribution is 2.37. The number of nitrogens with one attached hydrogen (secondary N) is 1. The third-order valence-electron chi connectivity index (χ3n) is 4.78. The van der Waals surface area contributed by atoms with E-state index in [4.69, 9.17) is 32.7 Å². The Labute approximate surface area is 206 Å². The second-order valence-electron chi connectivity index (χ2n) is 7.27. The number of halogens is 2. The Morgan fingerprint density at radius 2 is 1.70 bits per heavy atom. The van der Waals surface area contributed by atoms with Gasteiger partial charge in [-0.25, -0.2) is 4.99 Å². The van der Waals surface area contributed by atoms with Gasteiger partial charge < -0.3 is 14.8 Å². The lowest BCUT2D eigenvalue weighted by molar-refractivity contribution is -0.115. The first-order valence-electron chi connectivity index (χ1n) is 10.0. The van der Waals surface area contributed by atoms with Gasteiger partial charge in [-0.2, -0.15) is 0 Å². The van der Waals surface area contributed by atoms with Crippen LogP contribution in [-0.4, -0.2) is 18.2 Å². The van der Waals surface area contributed by atoms with E-state index in [1.165, 1.54) is 17.3 Å². The number of methoxy groups -OCH3 is 1. The molecule has 8 heteroatoms. The zero-order valence-electron chi connectivity index (χ0n) is 17.9. The minimum atomic E-state index is -0.237. The Balaban J connectivity index is 1.48. The Hall–Kier alpha value is -2.93. The lowest BCUT2D eigenvalue weighted by atomic mass is 10.1. The fourth-order valence-corrected chi connectivity index (χ4v) is 4.50. The monoisotopic (exact) mass is 498 g/mol. The van der Waals surface area contributed by atoms with Crippen LogP contribution in [-0.2, 0) is 11.4 Å². The number of aliphatic imine (C=N–C) groups is 1. The zero-order valence-corrected chi connectivity index (χ0v) is 20.2. The van der Waals surface area contributed by atoms with Crippen LogP contribution in [0.1, 0.15) is 16.7 Å². The Kier molecular flexibility index (Phi) is 7.28. The minimum absolute atomic E-state index is 0.237. The van der Waals surface area contributed by atoms with Gasteiger partial charge in [0.15, 0.2) is 10.9 Å². The van der Waals surface area contributed by atoms with Crippen LogP contribution >= 0.6 is 35.0 Å². The average molecular weight is 499 g/mol. The number of hydrogen-bond donors (Lipinski definition) is 1. The van der Waals surface area contributed by atoms with Gasteiger partial charge in [-0.05, 0) is 72.3 Å². The van der Waals surface area contributed by atoms with Crippen molar-refractivity contribution in [2.45, 2.75) is 13.5 Å². The lowest BCUT2D eigenvalue weighted by Gasteiger charge is -2.11. The number of hydrogen-bond acceptors (Lipinski definition) is 5. The molecule has 0 unspecified atom stereocenters. The van der Waals surface area contributed by atoms with Crippen LogP contribution in [0.3, 0.4) is 0 Å². The van der Waals surface area contributed by atoms with E-state index in [-0.39, 0.29) is 5.91 Å². The highest BCUT2D eigenvalue weighted by atomic mass is 35.5. The fraction of sp³-hybridized carbons (Fsp3) is 0.120. The van der Waals surface area contributed by atoms with Crippen molar-refractivity contribution in [3.63, 3.8) is 0 Å². The van der Waals surface area contributed by atoms with Crippen molar-refractivity contribution in [2.75, 3.05) is 7.11 Å². The standard InChI is InChI=1S/C25H20Cl2N2O3S/c1-15-3-5-16(6-4-15)14-32-23-20(26)11-17(12-21(23)27)13-22-24(30)29-25(33-22)28-18-7-9-19(31-2)10-8-18/h3-13H,14H2,1-2H3,(H,28,29,30)/b22-13+. The van der Waals surface area contributed by atoms with Crippen LogP contribution in [0.5, 0.6) is 11.5 Å². The fourth-order valence-electron chi connectivity index (χ4n) is 3.05. The molecule has 0 bridgehead atoms. The van der Waals surface area contributed by atoms with Crippen molar-refractivity contribution in [3.05, 3.63) is 92.3 Å². The largest absolute Gasteiger partial charge is 0.497 e. The summed E-state index contributed by atoms with van der Waals surface area (Å²) in [4.78, 5) is 17.4. The summed E-state index contributed by atoms with van der Waals surface area (Å²) in [6.45, 7) is 2.38. The van der Waals surface area contributed by atoms with Gasteiger partial charge in [-0.15, -0.1) is 0 Å². The molecule has 0 aliphatic carbocycles. The Morgan fingerprint density at radius 3 is 2.33 bits per heavy atom. The maximum Gasteiger partial charge on any atom is 0.264 e. The van der Waals surface area contributed by atoms with Crippen LogP contribution in [0.25, 0.3) is 6.08 Å². The van der Waals surface area contributed by atoms with Gasteiger partial charge in [-0.1, -0.05) is 53.0 Å². The molecule has 168 valence electrons. The zero-order chi connectivity index (χ0) is 23.4. The molecule has 1 fully saturated rings. The van der Waals surface area contributed by atoms with Crippen LogP contribution in [0.4, 0.5) is 5.69 Å². The van der Waals surface area contributed by atoms with Gasteiger partial charge in [0.1, 0.15) is 12.4 Å². The molecule has 1 saturated heterocycles. The molecule has 0 radical (unpaired) electrons. The molecule has 33 heavy (non-hydrogen) atoms. The van der Waals surface area contributed by atoms with E-state index in [0.717, 1.165) is 11.3 Å². The number of carbonyl (C=O) groups is 1. The van der Waals surface area contributed by atoms with Crippen LogP contribution in [0.2, 0.25) is 10.0 Å². The molecular formula is C25H20Cl2N2O3S. The van der Waals surface area contributed by atoms with Gasteiger partial charge in [0.25, 0.3) is 5.91 Å². The highest BCUT2D eigenvalue weighted by molar-refractivity contribution is 8.18. The van der Waals surface area contributed by atoms with Gasteiger partial charge in [0.05, 0.1) is 27.7 Å². The van der Waals surface area contributed by atoms with Crippen molar-refractivity contribution in [1.82, 2.24) is 5.32 Å². The van der Waals surface area contributed by atoms with Crippen LogP contribution in [0.15, 0.2) is 70.6 Å². The van der Waals surface area contributed by atoms with Crippen molar-refractivity contribution in [2.24, 2.45) is 4.99 Å². The summed E-state index contributed by atoms with van der Waals surface area (Å²) in [5.74, 6) is 0.910. The van der Waals surface area contributed by atoms with E-state index in [1.54, 1.807) is 25.3 Å². The molecule has 0 saturated carbocycles. The molecule has 3 aromatic rings. The van der Waals surface area contributed by atoms with Gasteiger partial charge in [-0.3, -0.25) is 4.79 Å². The SMILES string of the molecule is COc1ccc(N=C2NC(=O)/C(=C\c3cc(Cl)c(OCc4ccc(C)cc4)c(Cl)c3)S2)cc1. The number of amides is 1. The minimum Gasteiger partial charge on any atom is -0.497 e. The lowest BCUT2D eigenvalue weighted by Crippen LogP contribution is -2.19. The van der Waals surface area contributed by atoms with Crippen molar-refractivity contribution in [1.29, 1.82) is 0 Å². The predicted octanol–water partition coefficient (Wildman–Crippen LogP) is 6.78. The van der Waals surface area contributed by atoms with Crippen LogP contribution < -0.4 is 14.8 Å². The van der Waals surface area contributed by atoms with E-state index >= 15 is 0 Å². The molecule has 0 spiro atoms. The normalized spacial score (nSPS) is 15.7. The topological polar surface area (TPSA) is 59.9 Å². The number of rotatable bonds is 6. The Morgan fingerprint density at radius 1 is 1.03 bits per heavy atom. The molecule has 4 rings (SSSR count). The average Bonchev–Trinajstić information content (AvgIpc) is 3.13. The molecule has 0 aromatic heterocycles. The molecule has 1 amide bonds. The smallest absolute Gasteiger partial charge is 0.264 e. The molecule has 5 nitrogen and oxygen atoms in total. The number of thioether (sulfide) groups is 1. The third kappa shape index (κ3) is 5.90. The predicted molar refractivity (Wildman–Crippen MR) is 136 cm³/mol. The summed E-state index contributed by atoms with van der Waals surface area (Å²) in [6.07, 6.45) is 1.72. The summed E-state index contributed by atoms with van der Waals surface area (Å²) in [5.41, 5.74) is 3.59. The van der Waals surface area contributed by atoms with Crippen molar-refractivity contribution < 1.29 is 14.3 Å². The molecular weight excluding hydrogens is 479 g/mol. The van der Waals surface area contributed by atoms with E-state index < -0.39 is 0 Å². The maximum absolute atomic E-state index is 12.4. The van der Waals surface area contributed by atoms with Gasteiger partial charge in [0.2, 0.25) is 0 Å². The van der Waals surface area contributed by atoms with E-state index in [1.807, 2.05) is 55.5 Å². The van der Waals surface area contributed by atoms with Crippen molar-refractivity contribution >= 4 is 57.8 Å². The number of carbonyl (C=O) groups excluding carboxylic acids is 1. The van der Waals surface area contributed by atoms with Crippen LogP contribution in [0, 0.1) is 6.92 Å². The van der Waals surface area contributed by atoms with E-state index in [9.17, 15) is 4.79 Å². The second kappa shape index (κ2) is 10.3. The maximum atomic E-state index is 12.4. The molecule has 0 atom stereocenters. The number of aryl methyl sites for hydroxylation is 1. The number of ether oxygens (including phenoxy) is 2. The summed E-state index contributed by atoms with van der Waals surface area (Å²) < 4.78 is 11.0. The third-order valence-corrected chi connectivity index (χ3v) is 6.25. The Bertz CT molecular complexity index is 1220. The summed E-state index contributed by atoms with van der Waals surface area (Å²) in [7, 11) is 1.60. The van der Waals surface area contributed by atoms with Crippen molar-refractivity contribution in [3.8, 4) is 11.5 Å². The summed E-state index contributed by atoms with van der Waals surface area (Å²) in [5, 5.41) is 4.00. The number of nitrogens with zero attached hydrogens (tertiary/aromatic N) is 1. The highest BCUT2D eigenvalue weighted by Gasteiger charge is 2.24. The first-order chi connectivity index (χ1) is 15.9. The van der Waals surface area contributed by atoms with Gasteiger partial charge >= 0.3 is 0 Å². The van der Waals surface area contributed by atoms with E-state index in [0.29, 0.717) is 43.7 Å². The summed E-state index contributed by atoms with van der Waals surface area (Å²) >= 11 is 14.1. The molecule has 1 N–H and O–H groups in total. The summed E-state index contributed by atoms with van der Waals surface area (Å²) in [6, 6.07) is 18.7.